The largest absolute Gasteiger partial charge is 0.368 e. The molecule has 34 heavy (non-hydrogen) atoms. The second-order valence-corrected chi connectivity index (χ2v) is 9.19. The van der Waals surface area contributed by atoms with E-state index in [0.29, 0.717) is 31.3 Å². The maximum atomic E-state index is 13.3. The van der Waals surface area contributed by atoms with E-state index >= 15 is 0 Å². The van der Waals surface area contributed by atoms with Gasteiger partial charge in [0.15, 0.2) is 0 Å². The molecule has 0 unspecified atom stereocenters. The number of hydrogen-bond donors (Lipinski definition) is 0. The van der Waals surface area contributed by atoms with Crippen molar-refractivity contribution < 1.29 is 14.1 Å². The number of rotatable bonds is 4. The minimum atomic E-state index is -0.323. The minimum absolute atomic E-state index is 0.0335. The van der Waals surface area contributed by atoms with Gasteiger partial charge in [-0.3, -0.25) is 9.59 Å². The highest BCUT2D eigenvalue weighted by Gasteiger charge is 2.38. The molecule has 0 radical (unpaired) electrons. The molecule has 0 saturated carbocycles. The molecule has 2 aromatic carbocycles. The van der Waals surface area contributed by atoms with Crippen molar-refractivity contribution in [2.24, 2.45) is 5.92 Å². The summed E-state index contributed by atoms with van der Waals surface area (Å²) < 4.78 is 5.07. The summed E-state index contributed by atoms with van der Waals surface area (Å²) in [6.07, 6.45) is 0.238. The van der Waals surface area contributed by atoms with E-state index in [2.05, 4.69) is 47.1 Å². The van der Waals surface area contributed by atoms with Crippen LogP contribution < -0.4 is 9.80 Å². The molecule has 176 valence electrons. The maximum Gasteiger partial charge on any atom is 0.228 e. The van der Waals surface area contributed by atoms with Crippen LogP contribution in [0.4, 0.5) is 11.4 Å². The highest BCUT2D eigenvalue weighted by molar-refractivity contribution is 6.00. The average molecular weight is 460 g/mol. The smallest absolute Gasteiger partial charge is 0.228 e. The summed E-state index contributed by atoms with van der Waals surface area (Å²) in [6, 6.07) is 14.0. The molecule has 1 aromatic heterocycles. The van der Waals surface area contributed by atoms with Crippen LogP contribution in [0.3, 0.4) is 0 Å². The number of nitrogens with zero attached hydrogens (tertiary/aromatic N) is 5. The number of piperazine rings is 1. The minimum Gasteiger partial charge on any atom is -0.368 e. The van der Waals surface area contributed by atoms with Crippen LogP contribution in [0.1, 0.15) is 23.4 Å². The van der Waals surface area contributed by atoms with E-state index in [1.54, 1.807) is 11.8 Å². The summed E-state index contributed by atoms with van der Waals surface area (Å²) in [6.45, 7) is 9.29. The van der Waals surface area contributed by atoms with Crippen LogP contribution in [0.5, 0.6) is 0 Å². The zero-order chi connectivity index (χ0) is 23.8. The van der Waals surface area contributed by atoms with Crippen molar-refractivity contribution in [1.29, 1.82) is 0 Å². The lowest BCUT2D eigenvalue weighted by Gasteiger charge is -2.37. The fourth-order valence-corrected chi connectivity index (χ4v) is 4.84. The van der Waals surface area contributed by atoms with Gasteiger partial charge < -0.3 is 19.2 Å². The predicted octanol–water partition coefficient (Wildman–Crippen LogP) is 3.36. The first-order valence-corrected chi connectivity index (χ1v) is 11.7. The number of aromatic nitrogens is 2. The number of carbonyl (C=O) groups is 2. The van der Waals surface area contributed by atoms with Crippen molar-refractivity contribution in [3.63, 3.8) is 0 Å². The normalized spacial score (nSPS) is 18.6. The highest BCUT2D eigenvalue weighted by Crippen LogP contribution is 2.30. The molecule has 0 N–H and O–H groups in total. The molecule has 0 spiro atoms. The van der Waals surface area contributed by atoms with Gasteiger partial charge in [-0.15, -0.1) is 0 Å². The van der Waals surface area contributed by atoms with Crippen LogP contribution in [-0.4, -0.2) is 59.6 Å². The third-order valence-corrected chi connectivity index (χ3v) is 6.71. The van der Waals surface area contributed by atoms with E-state index in [1.807, 2.05) is 29.2 Å². The van der Waals surface area contributed by atoms with Crippen LogP contribution in [0.2, 0.25) is 0 Å². The molecule has 0 bridgehead atoms. The van der Waals surface area contributed by atoms with Gasteiger partial charge in [0.05, 0.1) is 5.92 Å². The molecular weight excluding hydrogens is 430 g/mol. The van der Waals surface area contributed by atoms with E-state index in [9.17, 15) is 9.59 Å². The standard InChI is InChI=1S/C26H29N5O3/c1-17-7-8-18(2)23(13-17)29-9-11-30(12-10-29)26(33)21-15-24(32)31(16-21)22-6-4-5-20(14-22)25-27-19(3)34-28-25/h4-8,13-14,21H,9-12,15-16H2,1-3H3/t21-/m0/s1. The molecule has 8 nitrogen and oxygen atoms in total. The van der Waals surface area contributed by atoms with Gasteiger partial charge in [-0.05, 0) is 43.2 Å². The molecular formula is C26H29N5O3. The average Bonchev–Trinajstić information content (AvgIpc) is 3.46. The van der Waals surface area contributed by atoms with E-state index < -0.39 is 0 Å². The fraction of sp³-hybridized carbons (Fsp3) is 0.385. The SMILES string of the molecule is Cc1ccc(C)c(N2CCN(C(=O)[C@H]3CC(=O)N(c4cccc(-c5noc(C)n5)c4)C3)CC2)c1. The molecule has 5 rings (SSSR count). The number of anilines is 2. The van der Waals surface area contributed by atoms with Crippen molar-refractivity contribution in [3.05, 3.63) is 59.5 Å². The first kappa shape index (κ1) is 22.1. The Labute approximate surface area is 199 Å². The van der Waals surface area contributed by atoms with Crippen LogP contribution in [0.25, 0.3) is 11.4 Å². The zero-order valence-electron chi connectivity index (χ0n) is 19.8. The van der Waals surface area contributed by atoms with Gasteiger partial charge in [-0.25, -0.2) is 0 Å². The van der Waals surface area contributed by atoms with Crippen molar-refractivity contribution >= 4 is 23.2 Å². The number of benzene rings is 2. The Morgan fingerprint density at radius 2 is 1.82 bits per heavy atom. The van der Waals surface area contributed by atoms with Gasteiger partial charge in [0.2, 0.25) is 23.5 Å². The third kappa shape index (κ3) is 4.27. The van der Waals surface area contributed by atoms with Gasteiger partial charge in [0.1, 0.15) is 0 Å². The number of hydrogen-bond acceptors (Lipinski definition) is 6. The van der Waals surface area contributed by atoms with Gasteiger partial charge in [-0.2, -0.15) is 4.98 Å². The second-order valence-electron chi connectivity index (χ2n) is 9.19. The molecule has 2 fully saturated rings. The van der Waals surface area contributed by atoms with Crippen molar-refractivity contribution in [2.75, 3.05) is 42.5 Å². The summed E-state index contributed by atoms with van der Waals surface area (Å²) in [7, 11) is 0. The first-order chi connectivity index (χ1) is 16.4. The summed E-state index contributed by atoms with van der Waals surface area (Å²) in [4.78, 5) is 36.3. The Morgan fingerprint density at radius 3 is 2.56 bits per heavy atom. The van der Waals surface area contributed by atoms with Gasteiger partial charge in [0.25, 0.3) is 0 Å². The first-order valence-electron chi connectivity index (χ1n) is 11.7. The molecule has 2 aliphatic heterocycles. The molecule has 0 aliphatic carbocycles. The van der Waals surface area contributed by atoms with E-state index in [1.165, 1.54) is 16.8 Å². The second kappa shape index (κ2) is 8.93. The monoisotopic (exact) mass is 459 g/mol. The lowest BCUT2D eigenvalue weighted by Crippen LogP contribution is -2.50. The molecule has 2 aliphatic rings. The Balaban J connectivity index is 1.24. The number of amides is 2. The van der Waals surface area contributed by atoms with Crippen LogP contribution in [0.15, 0.2) is 47.0 Å². The Hall–Kier alpha value is -3.68. The number of carbonyl (C=O) groups excluding carboxylic acids is 2. The van der Waals surface area contributed by atoms with E-state index in [4.69, 9.17) is 4.52 Å². The maximum absolute atomic E-state index is 13.3. The predicted molar refractivity (Wildman–Crippen MR) is 130 cm³/mol. The Morgan fingerprint density at radius 1 is 1.03 bits per heavy atom. The van der Waals surface area contributed by atoms with E-state index in [0.717, 1.165) is 24.3 Å². The lowest BCUT2D eigenvalue weighted by molar-refractivity contribution is -0.136. The summed E-state index contributed by atoms with van der Waals surface area (Å²) in [5.41, 5.74) is 5.26. The van der Waals surface area contributed by atoms with Gasteiger partial charge in [0, 0.05) is 63.0 Å². The molecule has 2 saturated heterocycles. The van der Waals surface area contributed by atoms with Crippen LogP contribution in [-0.2, 0) is 9.59 Å². The van der Waals surface area contributed by atoms with Crippen LogP contribution in [0, 0.1) is 26.7 Å². The van der Waals surface area contributed by atoms with Crippen molar-refractivity contribution in [2.45, 2.75) is 27.2 Å². The summed E-state index contributed by atoms with van der Waals surface area (Å²) in [5, 5.41) is 3.96. The Bertz CT molecular complexity index is 1230. The quantitative estimate of drug-likeness (QED) is 0.595. The highest BCUT2D eigenvalue weighted by atomic mass is 16.5. The molecule has 8 heteroatoms. The van der Waals surface area contributed by atoms with Crippen molar-refractivity contribution in [3.8, 4) is 11.4 Å². The molecule has 3 heterocycles. The number of aryl methyl sites for hydroxylation is 3. The van der Waals surface area contributed by atoms with Crippen molar-refractivity contribution in [1.82, 2.24) is 15.0 Å². The van der Waals surface area contributed by atoms with Crippen LogP contribution >= 0.6 is 0 Å². The van der Waals surface area contributed by atoms with Gasteiger partial charge in [-0.1, -0.05) is 29.4 Å². The molecule has 1 atom stereocenters. The zero-order valence-corrected chi connectivity index (χ0v) is 19.8. The fourth-order valence-electron chi connectivity index (χ4n) is 4.84. The Kier molecular flexibility index (Phi) is 5.81. The lowest BCUT2D eigenvalue weighted by atomic mass is 10.1. The molecule has 3 aromatic rings. The topological polar surface area (TPSA) is 82.8 Å². The summed E-state index contributed by atoms with van der Waals surface area (Å²) >= 11 is 0. The molecule has 2 amide bonds. The summed E-state index contributed by atoms with van der Waals surface area (Å²) in [5.74, 6) is 0.687. The van der Waals surface area contributed by atoms with Gasteiger partial charge >= 0.3 is 0 Å². The van der Waals surface area contributed by atoms with E-state index in [-0.39, 0.29) is 24.2 Å². The third-order valence-electron chi connectivity index (χ3n) is 6.71.